The molecular weight excluding hydrogens is 204 g/mol. The summed E-state index contributed by atoms with van der Waals surface area (Å²) < 4.78 is 5.17. The van der Waals surface area contributed by atoms with Crippen LogP contribution in [0.1, 0.15) is 25.5 Å². The summed E-state index contributed by atoms with van der Waals surface area (Å²) in [5.74, 6) is 1.59. The van der Waals surface area contributed by atoms with Crippen molar-refractivity contribution in [3.8, 4) is 0 Å². The fraction of sp³-hybridized carbons (Fsp3) is 0.583. The van der Waals surface area contributed by atoms with Gasteiger partial charge in [-0.1, -0.05) is 13.3 Å². The minimum absolute atomic E-state index is 0.0625. The van der Waals surface area contributed by atoms with Gasteiger partial charge in [-0.2, -0.15) is 0 Å². The molecule has 0 saturated heterocycles. The molecule has 2 atom stereocenters. The number of carbonyl (C=O) groups is 1. The smallest absolute Gasteiger partial charge is 0.315 e. The molecule has 2 amide bonds. The zero-order valence-corrected chi connectivity index (χ0v) is 9.53. The van der Waals surface area contributed by atoms with E-state index in [1.54, 1.807) is 6.26 Å². The number of hydrogen-bond acceptors (Lipinski definition) is 2. The van der Waals surface area contributed by atoms with Crippen LogP contribution in [0.2, 0.25) is 0 Å². The van der Waals surface area contributed by atoms with E-state index in [-0.39, 0.29) is 6.03 Å². The Morgan fingerprint density at radius 3 is 3.12 bits per heavy atom. The van der Waals surface area contributed by atoms with Gasteiger partial charge in [0.1, 0.15) is 5.76 Å². The minimum atomic E-state index is -0.0625. The lowest BCUT2D eigenvalue weighted by molar-refractivity contribution is 0.240. The average molecular weight is 222 g/mol. The lowest BCUT2D eigenvalue weighted by atomic mass is 10.3. The van der Waals surface area contributed by atoms with Crippen molar-refractivity contribution in [1.29, 1.82) is 0 Å². The normalized spacial score (nSPS) is 22.8. The Morgan fingerprint density at radius 1 is 1.62 bits per heavy atom. The zero-order valence-electron chi connectivity index (χ0n) is 9.53. The van der Waals surface area contributed by atoms with E-state index >= 15 is 0 Å². The number of nitrogens with one attached hydrogen (secondary N) is 2. The number of carbonyl (C=O) groups excluding carboxylic acids is 1. The number of furan rings is 1. The molecule has 2 rings (SSSR count). The summed E-state index contributed by atoms with van der Waals surface area (Å²) in [7, 11) is 0. The molecule has 16 heavy (non-hydrogen) atoms. The third-order valence-corrected chi connectivity index (χ3v) is 3.00. The van der Waals surface area contributed by atoms with Crippen LogP contribution in [0.15, 0.2) is 22.8 Å². The largest absolute Gasteiger partial charge is 0.469 e. The highest BCUT2D eigenvalue weighted by Gasteiger charge is 2.36. The van der Waals surface area contributed by atoms with Crippen LogP contribution in [0.3, 0.4) is 0 Å². The van der Waals surface area contributed by atoms with Crippen molar-refractivity contribution < 1.29 is 9.21 Å². The van der Waals surface area contributed by atoms with Gasteiger partial charge in [-0.3, -0.25) is 0 Å². The van der Waals surface area contributed by atoms with Gasteiger partial charge in [0, 0.05) is 19.0 Å². The Kier molecular flexibility index (Phi) is 3.49. The van der Waals surface area contributed by atoms with Crippen LogP contribution < -0.4 is 10.6 Å². The van der Waals surface area contributed by atoms with Crippen LogP contribution >= 0.6 is 0 Å². The third kappa shape index (κ3) is 3.02. The Morgan fingerprint density at radius 2 is 2.50 bits per heavy atom. The first kappa shape index (κ1) is 11.0. The standard InChI is InChI=1S/C12H18N2O2/c1-2-9-8-11(9)14-12(15)13-6-5-10-4-3-7-16-10/h3-4,7,9,11H,2,5-6,8H2,1H3,(H2,13,14,15)/t9-,11-/m1/s1. The zero-order chi connectivity index (χ0) is 11.4. The lowest BCUT2D eigenvalue weighted by Gasteiger charge is -2.05. The van der Waals surface area contributed by atoms with Gasteiger partial charge in [0.05, 0.1) is 6.26 Å². The summed E-state index contributed by atoms with van der Waals surface area (Å²) in [6.45, 7) is 2.77. The van der Waals surface area contributed by atoms with Crippen molar-refractivity contribution in [2.24, 2.45) is 5.92 Å². The van der Waals surface area contributed by atoms with Gasteiger partial charge in [-0.05, 0) is 24.5 Å². The molecule has 0 aliphatic heterocycles. The molecule has 0 aromatic carbocycles. The molecule has 1 saturated carbocycles. The molecular formula is C12H18N2O2. The van der Waals surface area contributed by atoms with Crippen LogP contribution in [0.4, 0.5) is 4.79 Å². The maximum Gasteiger partial charge on any atom is 0.315 e. The fourth-order valence-corrected chi connectivity index (χ4v) is 1.85. The lowest BCUT2D eigenvalue weighted by Crippen LogP contribution is -2.38. The first-order valence-corrected chi connectivity index (χ1v) is 5.86. The van der Waals surface area contributed by atoms with Crippen LogP contribution in [0, 0.1) is 5.92 Å². The summed E-state index contributed by atoms with van der Waals surface area (Å²) in [6, 6.07) is 4.10. The predicted molar refractivity (Wildman–Crippen MR) is 61.1 cm³/mol. The Labute approximate surface area is 95.4 Å². The van der Waals surface area contributed by atoms with Gasteiger partial charge >= 0.3 is 6.03 Å². The summed E-state index contributed by atoms with van der Waals surface area (Å²) >= 11 is 0. The van der Waals surface area contributed by atoms with E-state index in [1.807, 2.05) is 12.1 Å². The monoisotopic (exact) mass is 222 g/mol. The average Bonchev–Trinajstić information content (AvgIpc) is 2.80. The highest BCUT2D eigenvalue weighted by Crippen LogP contribution is 2.32. The molecule has 1 aliphatic carbocycles. The van der Waals surface area contributed by atoms with Gasteiger partial charge in [-0.15, -0.1) is 0 Å². The van der Waals surface area contributed by atoms with Crippen LogP contribution in [-0.2, 0) is 6.42 Å². The summed E-state index contributed by atoms with van der Waals surface area (Å²) in [5.41, 5.74) is 0. The van der Waals surface area contributed by atoms with E-state index in [4.69, 9.17) is 4.42 Å². The number of amides is 2. The first-order chi connectivity index (χ1) is 7.79. The number of rotatable bonds is 5. The Hall–Kier alpha value is -1.45. The summed E-state index contributed by atoms with van der Waals surface area (Å²) in [5, 5.41) is 5.78. The van der Waals surface area contributed by atoms with E-state index in [1.165, 1.54) is 0 Å². The van der Waals surface area contributed by atoms with Gasteiger partial charge < -0.3 is 15.1 Å². The molecule has 88 valence electrons. The minimum Gasteiger partial charge on any atom is -0.469 e. The maximum atomic E-state index is 11.4. The number of hydrogen-bond donors (Lipinski definition) is 2. The SMILES string of the molecule is CC[C@@H]1C[C@H]1NC(=O)NCCc1ccco1. The van der Waals surface area contributed by atoms with Crippen molar-refractivity contribution in [3.05, 3.63) is 24.2 Å². The van der Waals surface area contributed by atoms with Crippen molar-refractivity contribution in [2.75, 3.05) is 6.54 Å². The molecule has 1 aromatic heterocycles. The molecule has 1 fully saturated rings. The van der Waals surface area contributed by atoms with Gasteiger partial charge in [-0.25, -0.2) is 4.79 Å². The second-order valence-corrected chi connectivity index (χ2v) is 4.24. The van der Waals surface area contributed by atoms with Crippen LogP contribution in [0.5, 0.6) is 0 Å². The molecule has 0 unspecified atom stereocenters. The quantitative estimate of drug-likeness (QED) is 0.799. The third-order valence-electron chi connectivity index (χ3n) is 3.00. The summed E-state index contributed by atoms with van der Waals surface area (Å²) in [4.78, 5) is 11.4. The van der Waals surface area contributed by atoms with E-state index in [0.29, 0.717) is 18.5 Å². The molecule has 1 aliphatic rings. The van der Waals surface area contributed by atoms with Crippen LogP contribution in [0.25, 0.3) is 0 Å². The second kappa shape index (κ2) is 5.05. The van der Waals surface area contributed by atoms with Crippen LogP contribution in [-0.4, -0.2) is 18.6 Å². The summed E-state index contributed by atoms with van der Waals surface area (Å²) in [6.07, 6.45) is 4.66. The highest BCUT2D eigenvalue weighted by atomic mass is 16.3. The van der Waals surface area contributed by atoms with Crippen molar-refractivity contribution in [1.82, 2.24) is 10.6 Å². The van der Waals surface area contributed by atoms with Gasteiger partial charge in [0.25, 0.3) is 0 Å². The molecule has 2 N–H and O–H groups in total. The number of urea groups is 1. The molecule has 4 nitrogen and oxygen atoms in total. The Bertz CT molecular complexity index is 335. The highest BCUT2D eigenvalue weighted by molar-refractivity contribution is 5.74. The molecule has 0 bridgehead atoms. The fourth-order valence-electron chi connectivity index (χ4n) is 1.85. The predicted octanol–water partition coefficient (Wildman–Crippen LogP) is 1.92. The van der Waals surface area contributed by atoms with Gasteiger partial charge in [0.15, 0.2) is 0 Å². The molecule has 4 heteroatoms. The topological polar surface area (TPSA) is 54.3 Å². The Balaban J connectivity index is 1.58. The molecule has 1 aromatic rings. The molecule has 0 radical (unpaired) electrons. The molecule has 1 heterocycles. The van der Waals surface area contributed by atoms with Crippen molar-refractivity contribution in [3.63, 3.8) is 0 Å². The van der Waals surface area contributed by atoms with Crippen molar-refractivity contribution in [2.45, 2.75) is 32.2 Å². The van der Waals surface area contributed by atoms with E-state index in [0.717, 1.165) is 25.0 Å². The second-order valence-electron chi connectivity index (χ2n) is 4.24. The van der Waals surface area contributed by atoms with E-state index in [9.17, 15) is 4.79 Å². The van der Waals surface area contributed by atoms with Gasteiger partial charge in [0.2, 0.25) is 0 Å². The van der Waals surface area contributed by atoms with E-state index in [2.05, 4.69) is 17.6 Å². The van der Waals surface area contributed by atoms with E-state index < -0.39 is 0 Å². The molecule has 0 spiro atoms. The van der Waals surface area contributed by atoms with Crippen molar-refractivity contribution >= 4 is 6.03 Å². The maximum absolute atomic E-state index is 11.4. The first-order valence-electron chi connectivity index (χ1n) is 5.86.